The number of hydrogen-bond donors (Lipinski definition) is 1. The first-order valence-electron chi connectivity index (χ1n) is 6.13. The molecule has 2 rings (SSSR count). The normalized spacial score (nSPS) is 25.6. The molecule has 1 aliphatic heterocycles. The Morgan fingerprint density at radius 3 is 2.90 bits per heavy atom. The third kappa shape index (κ3) is 2.94. The van der Waals surface area contributed by atoms with Gasteiger partial charge in [0.05, 0.1) is 5.88 Å². The molecule has 1 N–H and O–H groups in total. The number of aromatic amines is 1. The van der Waals surface area contributed by atoms with Crippen molar-refractivity contribution in [3.63, 3.8) is 0 Å². The van der Waals surface area contributed by atoms with Gasteiger partial charge in [-0.1, -0.05) is 0 Å². The quantitative estimate of drug-likeness (QED) is 0.641. The Morgan fingerprint density at radius 1 is 1.60 bits per heavy atom. The Morgan fingerprint density at radius 2 is 2.30 bits per heavy atom. The molecule has 1 aromatic rings. The predicted molar refractivity (Wildman–Crippen MR) is 70.9 cm³/mol. The lowest BCUT2D eigenvalue weighted by Gasteiger charge is -2.15. The highest BCUT2D eigenvalue weighted by Crippen LogP contribution is 2.30. The molecule has 1 saturated heterocycles. The number of aromatic nitrogens is 2. The molecule has 1 aromatic heterocycles. The van der Waals surface area contributed by atoms with Gasteiger partial charge in [-0.25, -0.2) is 4.79 Å². The van der Waals surface area contributed by atoms with E-state index < -0.39 is 35.7 Å². The van der Waals surface area contributed by atoms with E-state index in [2.05, 4.69) is 4.98 Å². The number of hydrogen-bond acceptors (Lipinski definition) is 5. The van der Waals surface area contributed by atoms with Crippen LogP contribution in [0.5, 0.6) is 0 Å². The average Bonchev–Trinajstić information content (AvgIpc) is 2.75. The molecule has 0 amide bonds. The van der Waals surface area contributed by atoms with Crippen LogP contribution in [0.3, 0.4) is 0 Å². The minimum Gasteiger partial charge on any atom is -0.460 e. The van der Waals surface area contributed by atoms with Gasteiger partial charge in [-0.05, 0) is 6.92 Å². The summed E-state index contributed by atoms with van der Waals surface area (Å²) in [6.07, 6.45) is 0.125. The summed E-state index contributed by atoms with van der Waals surface area (Å²) in [4.78, 5) is 36.4. The van der Waals surface area contributed by atoms with E-state index in [4.69, 9.17) is 21.1 Å². The third-order valence-corrected chi connectivity index (χ3v) is 3.41. The fraction of sp³-hybridized carbons (Fsp3) is 0.583. The van der Waals surface area contributed by atoms with Gasteiger partial charge in [-0.15, -0.1) is 11.6 Å². The molecule has 1 aliphatic rings. The Hall–Kier alpha value is -1.60. The largest absolute Gasteiger partial charge is 0.460 e. The molecule has 20 heavy (non-hydrogen) atoms. The van der Waals surface area contributed by atoms with Gasteiger partial charge in [0.1, 0.15) is 18.4 Å². The number of rotatable bonds is 3. The Bertz CT molecular complexity index is 623. The van der Waals surface area contributed by atoms with E-state index in [1.165, 1.54) is 17.7 Å². The standard InChI is InChI=1S/C12H15ClN2O5/c1-6-5-15(12(18)14-11(6)17)10-3-8(19-7(2)16)9(4-13)20-10/h5,8-10H,3-4H2,1-2H3,(H,14,17,18)/t8-,9+,10+/m0/s1. The van der Waals surface area contributed by atoms with Crippen molar-refractivity contribution < 1.29 is 14.3 Å². The third-order valence-electron chi connectivity index (χ3n) is 3.11. The number of nitrogens with zero attached hydrogens (tertiary/aromatic N) is 1. The number of aryl methyl sites for hydroxylation is 1. The lowest BCUT2D eigenvalue weighted by atomic mass is 10.2. The van der Waals surface area contributed by atoms with Crippen molar-refractivity contribution in [2.75, 3.05) is 5.88 Å². The molecule has 0 bridgehead atoms. The summed E-state index contributed by atoms with van der Waals surface area (Å²) in [7, 11) is 0. The molecule has 0 radical (unpaired) electrons. The van der Waals surface area contributed by atoms with Crippen molar-refractivity contribution in [1.82, 2.24) is 9.55 Å². The Labute approximate surface area is 119 Å². The van der Waals surface area contributed by atoms with E-state index in [1.807, 2.05) is 0 Å². The Balaban J connectivity index is 2.27. The number of H-pyrrole nitrogens is 1. The molecule has 3 atom stereocenters. The molecule has 1 fully saturated rings. The molecule has 0 aliphatic carbocycles. The zero-order chi connectivity index (χ0) is 14.9. The van der Waals surface area contributed by atoms with Crippen molar-refractivity contribution in [3.05, 3.63) is 32.6 Å². The van der Waals surface area contributed by atoms with Crippen LogP contribution in [0.1, 0.15) is 25.1 Å². The minimum absolute atomic E-state index is 0.144. The molecule has 0 aromatic carbocycles. The maximum atomic E-state index is 11.8. The van der Waals surface area contributed by atoms with Crippen LogP contribution in [0.15, 0.2) is 15.8 Å². The monoisotopic (exact) mass is 302 g/mol. The molecular formula is C12H15ClN2O5. The summed E-state index contributed by atoms with van der Waals surface area (Å²) < 4.78 is 12.0. The first-order valence-corrected chi connectivity index (χ1v) is 6.66. The van der Waals surface area contributed by atoms with E-state index in [-0.39, 0.29) is 5.88 Å². The average molecular weight is 303 g/mol. The van der Waals surface area contributed by atoms with E-state index in [0.717, 1.165) is 0 Å². The molecule has 0 unspecified atom stereocenters. The second-order valence-corrected chi connectivity index (χ2v) is 4.95. The SMILES string of the molecule is CC(=O)O[C@H]1C[C@H](n2cc(C)c(=O)[nH]c2=O)O[C@@H]1CCl. The van der Waals surface area contributed by atoms with Crippen LogP contribution >= 0.6 is 11.6 Å². The van der Waals surface area contributed by atoms with Crippen LogP contribution in [0.4, 0.5) is 0 Å². The second-order valence-electron chi connectivity index (χ2n) is 4.65. The number of ether oxygens (including phenoxy) is 2. The zero-order valence-electron chi connectivity index (χ0n) is 11.1. The highest BCUT2D eigenvalue weighted by Gasteiger charge is 2.38. The van der Waals surface area contributed by atoms with Gasteiger partial charge in [0, 0.05) is 25.1 Å². The van der Waals surface area contributed by atoms with Gasteiger partial charge in [-0.3, -0.25) is 19.1 Å². The first-order chi connectivity index (χ1) is 9.42. The van der Waals surface area contributed by atoms with Crippen LogP contribution in [0.25, 0.3) is 0 Å². The number of carbonyl (C=O) groups is 1. The van der Waals surface area contributed by atoms with Crippen LogP contribution in [-0.2, 0) is 14.3 Å². The molecule has 0 saturated carbocycles. The van der Waals surface area contributed by atoms with Crippen molar-refractivity contribution >= 4 is 17.6 Å². The molecule has 8 heteroatoms. The zero-order valence-corrected chi connectivity index (χ0v) is 11.8. The maximum Gasteiger partial charge on any atom is 0.330 e. The fourth-order valence-electron chi connectivity index (χ4n) is 2.15. The smallest absolute Gasteiger partial charge is 0.330 e. The van der Waals surface area contributed by atoms with Crippen molar-refractivity contribution in [1.29, 1.82) is 0 Å². The van der Waals surface area contributed by atoms with Crippen LogP contribution in [0, 0.1) is 6.92 Å². The number of carbonyl (C=O) groups excluding carboxylic acids is 1. The summed E-state index contributed by atoms with van der Waals surface area (Å²) in [5.41, 5.74) is -0.608. The minimum atomic E-state index is -0.619. The van der Waals surface area contributed by atoms with E-state index in [0.29, 0.717) is 12.0 Å². The van der Waals surface area contributed by atoms with E-state index in [1.54, 1.807) is 6.92 Å². The number of halogens is 1. The number of esters is 1. The summed E-state index contributed by atoms with van der Waals surface area (Å²) in [6.45, 7) is 2.89. The number of nitrogens with one attached hydrogen (secondary N) is 1. The first kappa shape index (κ1) is 14.8. The molecule has 7 nitrogen and oxygen atoms in total. The summed E-state index contributed by atoms with van der Waals surface area (Å²) in [6, 6.07) is 0. The highest BCUT2D eigenvalue weighted by atomic mass is 35.5. The maximum absolute atomic E-state index is 11.8. The van der Waals surface area contributed by atoms with Crippen LogP contribution in [0.2, 0.25) is 0 Å². The molecule has 2 heterocycles. The van der Waals surface area contributed by atoms with Gasteiger partial charge in [0.15, 0.2) is 0 Å². The lowest BCUT2D eigenvalue weighted by Crippen LogP contribution is -2.33. The van der Waals surface area contributed by atoms with Crippen LogP contribution in [-0.4, -0.2) is 33.6 Å². The van der Waals surface area contributed by atoms with Gasteiger partial charge in [0.2, 0.25) is 0 Å². The second kappa shape index (κ2) is 5.80. The molecule has 0 spiro atoms. The van der Waals surface area contributed by atoms with Crippen molar-refractivity contribution in [2.45, 2.75) is 38.7 Å². The highest BCUT2D eigenvalue weighted by molar-refractivity contribution is 6.18. The van der Waals surface area contributed by atoms with Gasteiger partial charge in [-0.2, -0.15) is 0 Å². The Kier molecular flexibility index (Phi) is 4.29. The predicted octanol–water partition coefficient (Wildman–Crippen LogP) is 0.303. The molecule has 110 valence electrons. The fourth-order valence-corrected chi connectivity index (χ4v) is 2.42. The summed E-state index contributed by atoms with van der Waals surface area (Å²) in [5, 5.41) is 0. The van der Waals surface area contributed by atoms with Crippen LogP contribution < -0.4 is 11.2 Å². The van der Waals surface area contributed by atoms with Gasteiger partial charge in [0.25, 0.3) is 5.56 Å². The topological polar surface area (TPSA) is 90.4 Å². The lowest BCUT2D eigenvalue weighted by molar-refractivity contribution is -0.148. The van der Waals surface area contributed by atoms with Gasteiger partial charge < -0.3 is 9.47 Å². The van der Waals surface area contributed by atoms with Gasteiger partial charge >= 0.3 is 11.7 Å². The van der Waals surface area contributed by atoms with Crippen molar-refractivity contribution in [2.24, 2.45) is 0 Å². The summed E-state index contributed by atoms with van der Waals surface area (Å²) >= 11 is 5.77. The van der Waals surface area contributed by atoms with E-state index >= 15 is 0 Å². The summed E-state index contributed by atoms with van der Waals surface area (Å²) in [5.74, 6) is -0.287. The van der Waals surface area contributed by atoms with E-state index in [9.17, 15) is 14.4 Å². The molecular weight excluding hydrogens is 288 g/mol. The number of alkyl halides is 1. The van der Waals surface area contributed by atoms with Crippen molar-refractivity contribution in [3.8, 4) is 0 Å².